The van der Waals surface area contributed by atoms with Gasteiger partial charge in [-0.15, -0.1) is 0 Å². The van der Waals surface area contributed by atoms with Crippen molar-refractivity contribution < 1.29 is 0 Å². The summed E-state index contributed by atoms with van der Waals surface area (Å²) in [6.45, 7) is 5.66. The summed E-state index contributed by atoms with van der Waals surface area (Å²) in [5.41, 5.74) is 2.97. The maximum absolute atomic E-state index is 11.7. The zero-order chi connectivity index (χ0) is 11.5. The minimum Gasteiger partial charge on any atom is -0.284 e. The van der Waals surface area contributed by atoms with Gasteiger partial charge in [-0.1, -0.05) is 30.9 Å². The van der Waals surface area contributed by atoms with E-state index < -0.39 is 0 Å². The van der Waals surface area contributed by atoms with Crippen LogP contribution in [0.3, 0.4) is 0 Å². The van der Waals surface area contributed by atoms with Crippen LogP contribution in [0.5, 0.6) is 0 Å². The van der Waals surface area contributed by atoms with Crippen LogP contribution in [0.25, 0.3) is 11.8 Å². The van der Waals surface area contributed by atoms with Gasteiger partial charge in [-0.2, -0.15) is 0 Å². The summed E-state index contributed by atoms with van der Waals surface area (Å²) >= 11 is 0. The minimum absolute atomic E-state index is 0.0167. The van der Waals surface area contributed by atoms with Gasteiger partial charge in [0.05, 0.1) is 0 Å². The van der Waals surface area contributed by atoms with Crippen molar-refractivity contribution >= 4 is 6.08 Å². The van der Waals surface area contributed by atoms with E-state index in [0.29, 0.717) is 0 Å². The highest BCUT2D eigenvalue weighted by molar-refractivity contribution is 5.49. The third-order valence-corrected chi connectivity index (χ3v) is 2.47. The van der Waals surface area contributed by atoms with E-state index in [1.54, 1.807) is 16.7 Å². The average Bonchev–Trinajstić information content (AvgIpc) is 2.32. The molecular weight excluding hydrogens is 198 g/mol. The Kier molecular flexibility index (Phi) is 2.73. The molecule has 0 saturated heterocycles. The fourth-order valence-corrected chi connectivity index (χ4v) is 1.57. The topological polar surface area (TPSA) is 22.0 Å². The summed E-state index contributed by atoms with van der Waals surface area (Å²) in [5.74, 6) is 0. The monoisotopic (exact) mass is 211 g/mol. The predicted molar refractivity (Wildman–Crippen MR) is 66.9 cm³/mol. The molecule has 0 atom stereocenters. The Morgan fingerprint density at radius 2 is 1.81 bits per heavy atom. The number of aromatic nitrogens is 1. The van der Waals surface area contributed by atoms with Gasteiger partial charge < -0.3 is 0 Å². The van der Waals surface area contributed by atoms with Gasteiger partial charge in [0.25, 0.3) is 5.56 Å². The van der Waals surface area contributed by atoms with E-state index in [1.165, 1.54) is 0 Å². The van der Waals surface area contributed by atoms with Crippen LogP contribution >= 0.6 is 0 Å². The molecular formula is C14H13NO. The lowest BCUT2D eigenvalue weighted by molar-refractivity contribution is 0.976. The number of nitrogens with zero attached hydrogens (tertiary/aromatic N) is 1. The van der Waals surface area contributed by atoms with E-state index in [-0.39, 0.29) is 5.56 Å². The summed E-state index contributed by atoms with van der Waals surface area (Å²) in [4.78, 5) is 11.7. The van der Waals surface area contributed by atoms with Crippen molar-refractivity contribution in [1.29, 1.82) is 0 Å². The summed E-state index contributed by atoms with van der Waals surface area (Å²) in [6, 6.07) is 11.1. The molecule has 1 aromatic carbocycles. The number of hydrogen-bond donors (Lipinski definition) is 0. The van der Waals surface area contributed by atoms with E-state index in [4.69, 9.17) is 0 Å². The van der Waals surface area contributed by atoms with Crippen LogP contribution in [-0.2, 0) is 0 Å². The molecule has 80 valence electrons. The van der Waals surface area contributed by atoms with Crippen LogP contribution in [0.4, 0.5) is 0 Å². The molecule has 2 heteroatoms. The van der Waals surface area contributed by atoms with Crippen molar-refractivity contribution in [2.24, 2.45) is 0 Å². The Morgan fingerprint density at radius 3 is 2.44 bits per heavy atom. The molecule has 2 aromatic rings. The van der Waals surface area contributed by atoms with E-state index >= 15 is 0 Å². The largest absolute Gasteiger partial charge is 0.284 e. The fraction of sp³-hybridized carbons (Fsp3) is 0.0714. The number of hydrogen-bond acceptors (Lipinski definition) is 1. The van der Waals surface area contributed by atoms with Gasteiger partial charge in [0.2, 0.25) is 0 Å². The Morgan fingerprint density at radius 1 is 1.12 bits per heavy atom. The molecule has 1 aromatic heterocycles. The summed E-state index contributed by atoms with van der Waals surface area (Å²) in [7, 11) is 0. The molecule has 2 nitrogen and oxygen atoms in total. The number of aryl methyl sites for hydroxylation is 1. The van der Waals surface area contributed by atoms with E-state index in [2.05, 4.69) is 6.58 Å². The van der Waals surface area contributed by atoms with Crippen LogP contribution in [0.2, 0.25) is 0 Å². The van der Waals surface area contributed by atoms with Crippen LogP contribution in [0.15, 0.2) is 54.0 Å². The minimum atomic E-state index is -0.0167. The molecule has 0 unspecified atom stereocenters. The molecule has 2 rings (SSSR count). The molecule has 0 saturated carbocycles. The average molecular weight is 211 g/mol. The zero-order valence-corrected chi connectivity index (χ0v) is 9.18. The molecule has 16 heavy (non-hydrogen) atoms. The SMILES string of the molecule is C=Cc1ccc(-n2cc(C)ccc2=O)cc1. The number of rotatable bonds is 2. The van der Waals surface area contributed by atoms with Gasteiger partial charge in [0.1, 0.15) is 0 Å². The molecule has 0 amide bonds. The number of benzene rings is 1. The lowest BCUT2D eigenvalue weighted by atomic mass is 10.2. The standard InChI is InChI=1S/C14H13NO/c1-3-12-5-7-13(8-6-12)15-10-11(2)4-9-14(15)16/h3-10H,1H2,2H3. The summed E-state index contributed by atoms with van der Waals surface area (Å²) in [5, 5.41) is 0. The highest BCUT2D eigenvalue weighted by atomic mass is 16.1. The second-order valence-electron chi connectivity index (χ2n) is 3.71. The van der Waals surface area contributed by atoms with Crippen molar-refractivity contribution in [1.82, 2.24) is 4.57 Å². The lowest BCUT2D eigenvalue weighted by Crippen LogP contribution is -2.16. The Labute approximate surface area is 94.5 Å². The Hall–Kier alpha value is -2.09. The van der Waals surface area contributed by atoms with Gasteiger partial charge >= 0.3 is 0 Å². The van der Waals surface area contributed by atoms with Crippen LogP contribution in [0.1, 0.15) is 11.1 Å². The van der Waals surface area contributed by atoms with Gasteiger partial charge in [-0.3, -0.25) is 9.36 Å². The Bertz CT molecular complexity index is 564. The zero-order valence-electron chi connectivity index (χ0n) is 9.18. The van der Waals surface area contributed by atoms with Crippen molar-refractivity contribution in [3.8, 4) is 5.69 Å². The van der Waals surface area contributed by atoms with Crippen molar-refractivity contribution in [2.45, 2.75) is 6.92 Å². The summed E-state index contributed by atoms with van der Waals surface area (Å²) in [6.07, 6.45) is 3.62. The van der Waals surface area contributed by atoms with Crippen LogP contribution in [0, 0.1) is 6.92 Å². The second kappa shape index (κ2) is 4.19. The third kappa shape index (κ3) is 1.96. The first kappa shape index (κ1) is 10.4. The molecule has 0 N–H and O–H groups in total. The maximum atomic E-state index is 11.7. The van der Waals surface area contributed by atoms with Crippen molar-refractivity contribution in [3.05, 3.63) is 70.7 Å². The molecule has 0 radical (unpaired) electrons. The smallest absolute Gasteiger partial charge is 0.255 e. The predicted octanol–water partition coefficient (Wildman–Crippen LogP) is 2.79. The van der Waals surface area contributed by atoms with E-state index in [9.17, 15) is 4.79 Å². The van der Waals surface area contributed by atoms with Crippen LogP contribution in [-0.4, -0.2) is 4.57 Å². The molecule has 0 aliphatic heterocycles. The first-order valence-corrected chi connectivity index (χ1v) is 5.13. The Balaban J connectivity index is 2.54. The highest BCUT2D eigenvalue weighted by Crippen LogP contribution is 2.09. The van der Waals surface area contributed by atoms with E-state index in [0.717, 1.165) is 16.8 Å². The summed E-state index contributed by atoms with van der Waals surface area (Å²) < 4.78 is 1.64. The van der Waals surface area contributed by atoms with Crippen LogP contribution < -0.4 is 5.56 Å². The number of pyridine rings is 1. The second-order valence-corrected chi connectivity index (χ2v) is 3.71. The van der Waals surface area contributed by atoms with Gasteiger partial charge in [0, 0.05) is 18.0 Å². The van der Waals surface area contributed by atoms with Crippen molar-refractivity contribution in [2.75, 3.05) is 0 Å². The quantitative estimate of drug-likeness (QED) is 0.748. The first-order chi connectivity index (χ1) is 7.70. The first-order valence-electron chi connectivity index (χ1n) is 5.13. The third-order valence-electron chi connectivity index (χ3n) is 2.47. The molecule has 0 bridgehead atoms. The van der Waals surface area contributed by atoms with Gasteiger partial charge in [-0.05, 0) is 30.2 Å². The molecule has 0 aliphatic rings. The van der Waals surface area contributed by atoms with Gasteiger partial charge in [-0.25, -0.2) is 0 Å². The molecule has 0 aliphatic carbocycles. The molecule has 0 spiro atoms. The fourth-order valence-electron chi connectivity index (χ4n) is 1.57. The molecule has 0 fully saturated rings. The van der Waals surface area contributed by atoms with Gasteiger partial charge in [0.15, 0.2) is 0 Å². The maximum Gasteiger partial charge on any atom is 0.255 e. The normalized spacial score (nSPS) is 10.1. The molecule has 1 heterocycles. The highest BCUT2D eigenvalue weighted by Gasteiger charge is 1.98. The van der Waals surface area contributed by atoms with Crippen molar-refractivity contribution in [3.63, 3.8) is 0 Å². The van der Waals surface area contributed by atoms with E-state index in [1.807, 2.05) is 43.5 Å². The lowest BCUT2D eigenvalue weighted by Gasteiger charge is -2.06.